The first-order chi connectivity index (χ1) is 8.36. The molecule has 17 heavy (non-hydrogen) atoms. The number of oxazole rings is 1. The van der Waals surface area contributed by atoms with Crippen LogP contribution in [-0.4, -0.2) is 16.6 Å². The third kappa shape index (κ3) is 1.91. The zero-order valence-electron chi connectivity index (χ0n) is 9.47. The molecule has 0 radical (unpaired) electrons. The molecule has 3 rings (SSSR count). The molecule has 1 aliphatic heterocycles. The van der Waals surface area contributed by atoms with Gasteiger partial charge in [-0.15, -0.1) is 0 Å². The Morgan fingerprint density at radius 2 is 2.12 bits per heavy atom. The second kappa shape index (κ2) is 4.22. The van der Waals surface area contributed by atoms with E-state index >= 15 is 0 Å². The van der Waals surface area contributed by atoms with Crippen LogP contribution in [-0.2, 0) is 19.6 Å². The van der Waals surface area contributed by atoms with Crippen molar-refractivity contribution in [2.24, 2.45) is 0 Å². The number of aromatic nitrogens is 1. The van der Waals surface area contributed by atoms with Crippen LogP contribution in [0, 0.1) is 0 Å². The van der Waals surface area contributed by atoms with Crippen LogP contribution < -0.4 is 4.90 Å². The number of aliphatic hydroxyl groups excluding tert-OH is 1. The van der Waals surface area contributed by atoms with E-state index in [-0.39, 0.29) is 6.61 Å². The molecule has 0 saturated heterocycles. The Hall–Kier alpha value is -1.81. The fraction of sp³-hybridized carbons (Fsp3) is 0.308. The van der Waals surface area contributed by atoms with E-state index in [0.29, 0.717) is 11.7 Å². The topological polar surface area (TPSA) is 49.5 Å². The van der Waals surface area contributed by atoms with E-state index in [4.69, 9.17) is 9.52 Å². The van der Waals surface area contributed by atoms with Crippen molar-refractivity contribution in [2.45, 2.75) is 19.6 Å². The molecule has 0 aliphatic carbocycles. The molecule has 1 aromatic heterocycles. The number of nitrogens with zero attached hydrogens (tertiary/aromatic N) is 2. The summed E-state index contributed by atoms with van der Waals surface area (Å²) in [6.45, 7) is 1.65. The standard InChI is InChI=1S/C13H14N2O2/c16-8-12-9-17-13(14-12)15-6-5-10-3-1-2-4-11(10)7-15/h1-4,9,16H,5-8H2. The van der Waals surface area contributed by atoms with E-state index in [2.05, 4.69) is 34.1 Å². The van der Waals surface area contributed by atoms with E-state index < -0.39 is 0 Å². The van der Waals surface area contributed by atoms with Crippen molar-refractivity contribution in [3.05, 3.63) is 47.3 Å². The molecular formula is C13H14N2O2. The minimum Gasteiger partial charge on any atom is -0.432 e. The van der Waals surface area contributed by atoms with Crippen molar-refractivity contribution < 1.29 is 9.52 Å². The summed E-state index contributed by atoms with van der Waals surface area (Å²) >= 11 is 0. The highest BCUT2D eigenvalue weighted by atomic mass is 16.4. The van der Waals surface area contributed by atoms with Crippen LogP contribution >= 0.6 is 0 Å². The van der Waals surface area contributed by atoms with Crippen LogP contribution in [0.15, 0.2) is 34.9 Å². The lowest BCUT2D eigenvalue weighted by molar-refractivity contribution is 0.276. The lowest BCUT2D eigenvalue weighted by Gasteiger charge is -2.27. The summed E-state index contributed by atoms with van der Waals surface area (Å²) in [5.74, 6) is 0. The SMILES string of the molecule is OCc1coc(N2CCc3ccccc3C2)n1. The quantitative estimate of drug-likeness (QED) is 0.853. The molecule has 0 bridgehead atoms. The first-order valence-electron chi connectivity index (χ1n) is 5.74. The number of aliphatic hydroxyl groups is 1. The Kier molecular flexibility index (Phi) is 2.57. The van der Waals surface area contributed by atoms with Crippen molar-refractivity contribution in [3.63, 3.8) is 0 Å². The largest absolute Gasteiger partial charge is 0.432 e. The summed E-state index contributed by atoms with van der Waals surface area (Å²) in [6, 6.07) is 9.03. The maximum Gasteiger partial charge on any atom is 0.297 e. The van der Waals surface area contributed by atoms with E-state index in [1.165, 1.54) is 17.4 Å². The van der Waals surface area contributed by atoms with Gasteiger partial charge < -0.3 is 14.4 Å². The van der Waals surface area contributed by atoms with Crippen molar-refractivity contribution in [3.8, 4) is 0 Å². The van der Waals surface area contributed by atoms with Gasteiger partial charge in [-0.2, -0.15) is 4.98 Å². The number of fused-ring (bicyclic) bond motifs is 1. The summed E-state index contributed by atoms with van der Waals surface area (Å²) in [5.41, 5.74) is 3.30. The second-order valence-corrected chi connectivity index (χ2v) is 4.22. The van der Waals surface area contributed by atoms with E-state index in [0.717, 1.165) is 19.5 Å². The Morgan fingerprint density at radius 3 is 2.88 bits per heavy atom. The molecule has 1 N–H and O–H groups in total. The van der Waals surface area contributed by atoms with Gasteiger partial charge in [0, 0.05) is 13.1 Å². The van der Waals surface area contributed by atoms with E-state index in [9.17, 15) is 0 Å². The fourth-order valence-electron chi connectivity index (χ4n) is 2.17. The van der Waals surface area contributed by atoms with Crippen molar-refractivity contribution in [1.82, 2.24) is 4.98 Å². The van der Waals surface area contributed by atoms with Gasteiger partial charge in [0.1, 0.15) is 12.0 Å². The van der Waals surface area contributed by atoms with Gasteiger partial charge in [0.25, 0.3) is 6.01 Å². The van der Waals surface area contributed by atoms with Gasteiger partial charge in [-0.3, -0.25) is 0 Å². The average Bonchev–Trinajstić information content (AvgIpc) is 2.87. The minimum absolute atomic E-state index is 0.0755. The van der Waals surface area contributed by atoms with Crippen LogP contribution in [0.1, 0.15) is 16.8 Å². The summed E-state index contributed by atoms with van der Waals surface area (Å²) in [7, 11) is 0. The van der Waals surface area contributed by atoms with Gasteiger partial charge in [-0.25, -0.2) is 0 Å². The molecule has 88 valence electrons. The van der Waals surface area contributed by atoms with Crippen molar-refractivity contribution >= 4 is 6.01 Å². The Balaban J connectivity index is 1.84. The molecule has 1 aliphatic rings. The Labute approximate surface area is 99.5 Å². The van der Waals surface area contributed by atoms with Crippen LogP contribution in [0.4, 0.5) is 6.01 Å². The number of rotatable bonds is 2. The molecule has 0 fully saturated rings. The third-order valence-corrected chi connectivity index (χ3v) is 3.10. The normalized spacial score (nSPS) is 14.8. The van der Waals surface area contributed by atoms with E-state index in [1.54, 1.807) is 0 Å². The van der Waals surface area contributed by atoms with Crippen LogP contribution in [0.5, 0.6) is 0 Å². The zero-order valence-corrected chi connectivity index (χ0v) is 9.47. The molecule has 1 aromatic carbocycles. The second-order valence-electron chi connectivity index (χ2n) is 4.22. The number of anilines is 1. The lowest BCUT2D eigenvalue weighted by Crippen LogP contribution is -2.30. The maximum absolute atomic E-state index is 8.97. The van der Waals surface area contributed by atoms with Gasteiger partial charge >= 0.3 is 0 Å². The highest BCUT2D eigenvalue weighted by molar-refractivity contribution is 5.38. The molecule has 0 amide bonds. The summed E-state index contributed by atoms with van der Waals surface area (Å²) in [6.07, 6.45) is 2.52. The van der Waals surface area contributed by atoms with Gasteiger partial charge in [-0.1, -0.05) is 24.3 Å². The predicted molar refractivity (Wildman–Crippen MR) is 63.6 cm³/mol. The summed E-state index contributed by atoms with van der Waals surface area (Å²) in [5, 5.41) is 8.97. The highest BCUT2D eigenvalue weighted by Crippen LogP contribution is 2.23. The van der Waals surface area contributed by atoms with Gasteiger partial charge in [0.2, 0.25) is 0 Å². The third-order valence-electron chi connectivity index (χ3n) is 3.10. The minimum atomic E-state index is -0.0755. The van der Waals surface area contributed by atoms with Gasteiger partial charge in [0.15, 0.2) is 0 Å². The van der Waals surface area contributed by atoms with Crippen molar-refractivity contribution in [2.75, 3.05) is 11.4 Å². The maximum atomic E-state index is 8.97. The fourth-order valence-corrected chi connectivity index (χ4v) is 2.17. The molecule has 0 unspecified atom stereocenters. The first kappa shape index (κ1) is 10.4. The number of hydrogen-bond donors (Lipinski definition) is 1. The zero-order chi connectivity index (χ0) is 11.7. The lowest BCUT2D eigenvalue weighted by atomic mass is 10.0. The van der Waals surface area contributed by atoms with Gasteiger partial charge in [0.05, 0.1) is 6.61 Å². The smallest absolute Gasteiger partial charge is 0.297 e. The number of benzene rings is 1. The molecule has 4 nitrogen and oxygen atoms in total. The molecule has 2 heterocycles. The molecule has 0 saturated carbocycles. The first-order valence-corrected chi connectivity index (χ1v) is 5.74. The summed E-state index contributed by atoms with van der Waals surface area (Å²) < 4.78 is 5.36. The molecule has 0 spiro atoms. The molecule has 4 heteroatoms. The van der Waals surface area contributed by atoms with E-state index in [1.807, 2.05) is 0 Å². The van der Waals surface area contributed by atoms with Crippen LogP contribution in [0.25, 0.3) is 0 Å². The molecule has 2 aromatic rings. The Morgan fingerprint density at radius 1 is 1.29 bits per heavy atom. The van der Waals surface area contributed by atoms with Crippen LogP contribution in [0.3, 0.4) is 0 Å². The van der Waals surface area contributed by atoms with Crippen molar-refractivity contribution in [1.29, 1.82) is 0 Å². The average molecular weight is 230 g/mol. The molecule has 0 atom stereocenters. The van der Waals surface area contributed by atoms with Gasteiger partial charge in [-0.05, 0) is 17.5 Å². The highest BCUT2D eigenvalue weighted by Gasteiger charge is 2.19. The summed E-state index contributed by atoms with van der Waals surface area (Å²) in [4.78, 5) is 6.33. The van der Waals surface area contributed by atoms with Crippen LogP contribution in [0.2, 0.25) is 0 Å². The monoisotopic (exact) mass is 230 g/mol. The molecular weight excluding hydrogens is 216 g/mol. The number of hydrogen-bond acceptors (Lipinski definition) is 4. The predicted octanol–water partition coefficient (Wildman–Crippen LogP) is 1.73. The Bertz CT molecular complexity index is 522.